The molecule has 0 amide bonds. The summed E-state index contributed by atoms with van der Waals surface area (Å²) in [6, 6.07) is 0. The summed E-state index contributed by atoms with van der Waals surface area (Å²) in [7, 11) is 11.0. The molecule has 0 saturated carbocycles. The summed E-state index contributed by atoms with van der Waals surface area (Å²) in [5.74, 6) is -3.60. The van der Waals surface area contributed by atoms with E-state index in [4.69, 9.17) is 0 Å². The molecule has 0 bridgehead atoms. The number of quaternary nitrogens is 2. The molecule has 0 aliphatic rings. The minimum Gasteiger partial charge on any atom is -0.550 e. The lowest BCUT2D eigenvalue weighted by atomic mass is 9.90. The molecule has 0 aromatic rings. The van der Waals surface area contributed by atoms with Gasteiger partial charge >= 0.3 is 0 Å². The summed E-state index contributed by atoms with van der Waals surface area (Å²) in [4.78, 5) is 34.1. The SMILES string of the molecule is CCCCCCCC/C=C\CCCCCC(O)CCC(O)(CC(=O)[O-])C[N+](C)(C)C.CCCCCCCCCCCCCCCC(=O)C=C(O)C(O)(CC(=O)[O-])C[N+](C)(C)C. The second kappa shape index (κ2) is 36.1. The Morgan fingerprint density at radius 1 is 0.557 bits per heavy atom. The number of allylic oxidation sites excluding steroid dienone is 3. The average Bonchev–Trinajstić information content (AvgIpc) is 3.12. The maximum atomic E-state index is 12.1. The van der Waals surface area contributed by atoms with Gasteiger partial charge in [0.1, 0.15) is 24.4 Å². The summed E-state index contributed by atoms with van der Waals surface area (Å²) in [6.45, 7) is 4.76. The number of carboxylic acid groups (broad SMARTS) is 2. The summed E-state index contributed by atoms with van der Waals surface area (Å²) in [5.41, 5.74) is -3.35. The molecular formula is C50H96N2O9. The molecule has 0 rings (SSSR count). The quantitative estimate of drug-likeness (QED) is 0.0156. The molecule has 0 fully saturated rings. The highest BCUT2D eigenvalue weighted by molar-refractivity contribution is 5.90. The van der Waals surface area contributed by atoms with Crippen molar-refractivity contribution in [2.24, 2.45) is 0 Å². The summed E-state index contributed by atoms with van der Waals surface area (Å²) < 4.78 is 0.695. The van der Waals surface area contributed by atoms with Gasteiger partial charge in [-0.2, -0.15) is 0 Å². The number of hydrogen-bond donors (Lipinski definition) is 4. The molecule has 3 atom stereocenters. The lowest BCUT2D eigenvalue weighted by Gasteiger charge is -2.36. The van der Waals surface area contributed by atoms with Gasteiger partial charge in [-0.3, -0.25) is 4.79 Å². The Hall–Kier alpha value is -2.31. The lowest BCUT2D eigenvalue weighted by molar-refractivity contribution is -0.877. The molecule has 11 heteroatoms. The fraction of sp³-hybridized carbons (Fsp3) is 0.860. The number of likely N-dealkylation sites (N-methyl/N-ethyl adjacent to an activating group) is 2. The topological polar surface area (TPSA) is 178 Å². The molecule has 0 aliphatic heterocycles. The van der Waals surface area contributed by atoms with Crippen LogP contribution in [-0.2, 0) is 14.4 Å². The second-order valence-electron chi connectivity index (χ2n) is 20.1. The van der Waals surface area contributed by atoms with Gasteiger partial charge in [0, 0.05) is 37.3 Å². The van der Waals surface area contributed by atoms with E-state index in [1.54, 1.807) is 21.1 Å². The van der Waals surface area contributed by atoms with Gasteiger partial charge < -0.3 is 49.2 Å². The molecule has 0 spiro atoms. The predicted molar refractivity (Wildman–Crippen MR) is 246 cm³/mol. The number of nitrogens with zero attached hydrogens (tertiary/aromatic N) is 2. The van der Waals surface area contributed by atoms with Crippen molar-refractivity contribution in [3.63, 3.8) is 0 Å². The van der Waals surface area contributed by atoms with Gasteiger partial charge in [0.25, 0.3) is 0 Å². The Balaban J connectivity index is 0. The van der Waals surface area contributed by atoms with Crippen molar-refractivity contribution in [2.45, 2.75) is 224 Å². The van der Waals surface area contributed by atoms with Crippen LogP contribution >= 0.6 is 0 Å². The minimum atomic E-state index is -2.01. The summed E-state index contributed by atoms with van der Waals surface area (Å²) >= 11 is 0. The van der Waals surface area contributed by atoms with Gasteiger partial charge in [-0.15, -0.1) is 0 Å². The van der Waals surface area contributed by atoms with Gasteiger partial charge in [-0.1, -0.05) is 148 Å². The van der Waals surface area contributed by atoms with E-state index in [1.165, 1.54) is 109 Å². The number of unbranched alkanes of at least 4 members (excludes halogenated alkanes) is 21. The number of aliphatic hydroxyl groups is 4. The molecule has 0 aliphatic carbocycles. The standard InChI is InChI=1S/C25H47NO5.C25H49NO4/c1-5-6-7-8-9-10-11-12-13-14-15-16-17-18-22(27)19-23(28)25(31,20-24(29)30)21-26(2,3)4;1-5-6-7-8-9-10-11-12-13-14-15-16-17-18-23(27)19-20-25(30,21-24(28)29)22-26(2,3)4/h19,31H,5-18,20-21H2,1-4H3,(H-,27,28,29,30);12-13,23,27,30H,5-11,14-22H2,1-4H3/b;13-12-. The van der Waals surface area contributed by atoms with E-state index < -0.39 is 41.4 Å². The third kappa shape index (κ3) is 41.5. The highest BCUT2D eigenvalue weighted by Crippen LogP contribution is 2.24. The summed E-state index contributed by atoms with van der Waals surface area (Å²) in [5, 5.41) is 63.8. The lowest BCUT2D eigenvalue weighted by Crippen LogP contribution is -2.52. The van der Waals surface area contributed by atoms with Crippen molar-refractivity contribution in [3.8, 4) is 0 Å². The van der Waals surface area contributed by atoms with E-state index in [0.29, 0.717) is 23.9 Å². The van der Waals surface area contributed by atoms with E-state index in [-0.39, 0.29) is 36.1 Å². The highest BCUT2D eigenvalue weighted by atomic mass is 16.4. The van der Waals surface area contributed by atoms with E-state index >= 15 is 0 Å². The predicted octanol–water partition coefficient (Wildman–Crippen LogP) is 8.02. The van der Waals surface area contributed by atoms with E-state index in [9.17, 15) is 45.0 Å². The minimum absolute atomic E-state index is 0.0463. The van der Waals surface area contributed by atoms with Gasteiger partial charge in [0.15, 0.2) is 11.4 Å². The number of rotatable bonds is 40. The number of ketones is 1. The first-order valence-corrected chi connectivity index (χ1v) is 24.3. The normalized spacial score (nSPS) is 14.9. The maximum Gasteiger partial charge on any atom is 0.175 e. The number of aliphatic hydroxyl groups excluding tert-OH is 2. The zero-order valence-corrected chi connectivity index (χ0v) is 40.7. The van der Waals surface area contributed by atoms with E-state index in [0.717, 1.165) is 51.0 Å². The Bertz CT molecular complexity index is 1180. The Kier molecular flexibility index (Phi) is 35.9. The van der Waals surface area contributed by atoms with Crippen LogP contribution in [0.1, 0.15) is 206 Å². The zero-order valence-electron chi connectivity index (χ0n) is 40.7. The van der Waals surface area contributed by atoms with Crippen LogP contribution in [0.3, 0.4) is 0 Å². The van der Waals surface area contributed by atoms with Crippen LogP contribution in [0.5, 0.6) is 0 Å². The first kappa shape index (κ1) is 60.8. The maximum absolute atomic E-state index is 12.1. The first-order chi connectivity index (χ1) is 28.6. The zero-order chi connectivity index (χ0) is 46.6. The van der Waals surface area contributed by atoms with Crippen LogP contribution < -0.4 is 10.2 Å². The molecule has 4 N–H and O–H groups in total. The monoisotopic (exact) mass is 869 g/mol. The van der Waals surface area contributed by atoms with Crippen molar-refractivity contribution in [1.82, 2.24) is 0 Å². The van der Waals surface area contributed by atoms with Crippen molar-refractivity contribution in [2.75, 3.05) is 55.4 Å². The number of carbonyl (C=O) groups is 3. The third-order valence-electron chi connectivity index (χ3n) is 11.0. The molecule has 0 heterocycles. The van der Waals surface area contributed by atoms with E-state index in [1.807, 2.05) is 21.1 Å². The average molecular weight is 869 g/mol. The second-order valence-corrected chi connectivity index (χ2v) is 20.1. The van der Waals surface area contributed by atoms with Gasteiger partial charge in [0.05, 0.1) is 48.4 Å². The molecule has 0 aromatic carbocycles. The number of hydrogen-bond acceptors (Lipinski definition) is 9. The van der Waals surface area contributed by atoms with Crippen LogP contribution in [0.15, 0.2) is 24.0 Å². The smallest absolute Gasteiger partial charge is 0.175 e. The van der Waals surface area contributed by atoms with Crippen molar-refractivity contribution in [3.05, 3.63) is 24.0 Å². The van der Waals surface area contributed by atoms with Crippen LogP contribution in [0, 0.1) is 0 Å². The van der Waals surface area contributed by atoms with Crippen LogP contribution in [0.25, 0.3) is 0 Å². The molecule has 0 aromatic heterocycles. The van der Waals surface area contributed by atoms with Crippen molar-refractivity contribution >= 4 is 17.7 Å². The molecular weight excluding hydrogens is 773 g/mol. The molecule has 3 unspecified atom stereocenters. The highest BCUT2D eigenvalue weighted by Gasteiger charge is 2.38. The summed E-state index contributed by atoms with van der Waals surface area (Å²) in [6.07, 6.45) is 35.0. The van der Waals surface area contributed by atoms with Crippen molar-refractivity contribution in [1.29, 1.82) is 0 Å². The Labute approximate surface area is 373 Å². The van der Waals surface area contributed by atoms with Gasteiger partial charge in [0.2, 0.25) is 0 Å². The van der Waals surface area contributed by atoms with E-state index in [2.05, 4.69) is 26.0 Å². The first-order valence-electron chi connectivity index (χ1n) is 24.3. The van der Waals surface area contributed by atoms with Crippen LogP contribution in [0.4, 0.5) is 0 Å². The fourth-order valence-corrected chi connectivity index (χ4v) is 7.98. The molecule has 360 valence electrons. The van der Waals surface area contributed by atoms with Crippen molar-refractivity contribution < 1.29 is 54.0 Å². The van der Waals surface area contributed by atoms with Crippen LogP contribution in [-0.4, -0.2) is 120 Å². The third-order valence-corrected chi connectivity index (χ3v) is 11.0. The van der Waals surface area contributed by atoms with Gasteiger partial charge in [-0.05, 0) is 51.4 Å². The Morgan fingerprint density at radius 2 is 0.951 bits per heavy atom. The molecule has 61 heavy (non-hydrogen) atoms. The largest absolute Gasteiger partial charge is 0.550 e. The van der Waals surface area contributed by atoms with Crippen LogP contribution in [0.2, 0.25) is 0 Å². The molecule has 0 saturated heterocycles. The molecule has 0 radical (unpaired) electrons. The fourth-order valence-electron chi connectivity index (χ4n) is 7.98. The number of carboxylic acids is 2. The van der Waals surface area contributed by atoms with Gasteiger partial charge in [-0.25, -0.2) is 0 Å². The number of aliphatic carboxylic acids is 2. The number of carbonyl (C=O) groups excluding carboxylic acids is 3. The Morgan fingerprint density at radius 3 is 1.36 bits per heavy atom. The molecule has 11 nitrogen and oxygen atoms in total.